The van der Waals surface area contributed by atoms with E-state index in [9.17, 15) is 9.90 Å². The fraction of sp³-hybridized carbons (Fsp3) is 0.394. The lowest BCUT2D eigenvalue weighted by molar-refractivity contribution is 0.0974. The van der Waals surface area contributed by atoms with Crippen molar-refractivity contribution < 1.29 is 23.4 Å². The van der Waals surface area contributed by atoms with Crippen molar-refractivity contribution in [1.29, 1.82) is 0 Å². The van der Waals surface area contributed by atoms with Gasteiger partial charge in [-0.05, 0) is 74.9 Å². The molecule has 1 aromatic heterocycles. The Labute approximate surface area is 241 Å². The number of amides is 1. The minimum atomic E-state index is -0.844. The summed E-state index contributed by atoms with van der Waals surface area (Å²) < 4.78 is 27.5. The lowest BCUT2D eigenvalue weighted by Crippen LogP contribution is -2.36. The highest BCUT2D eigenvalue weighted by atomic mass is 19.1. The number of phenolic OH excluding ortho intramolecular Hbond substituents is 1. The number of hydrogen-bond donors (Lipinski definition) is 2. The van der Waals surface area contributed by atoms with E-state index in [4.69, 9.17) is 9.15 Å². The number of para-hydroxylation sites is 1. The van der Waals surface area contributed by atoms with Gasteiger partial charge in [0.05, 0.1) is 11.7 Å². The number of halogens is 1. The summed E-state index contributed by atoms with van der Waals surface area (Å²) in [6.07, 6.45) is 3.46. The number of fused-ring (bicyclic) bond motifs is 1. The lowest BCUT2D eigenvalue weighted by atomic mass is 9.83. The summed E-state index contributed by atoms with van der Waals surface area (Å²) in [5.74, 6) is 0.130. The average Bonchev–Trinajstić information content (AvgIpc) is 3.22. The van der Waals surface area contributed by atoms with Crippen LogP contribution in [0.1, 0.15) is 88.1 Å². The van der Waals surface area contributed by atoms with Crippen LogP contribution in [0.4, 0.5) is 15.8 Å². The van der Waals surface area contributed by atoms with Crippen molar-refractivity contribution >= 4 is 17.3 Å². The van der Waals surface area contributed by atoms with Crippen molar-refractivity contribution in [3.8, 4) is 11.5 Å². The number of aromatic hydroxyl groups is 1. The van der Waals surface area contributed by atoms with Crippen LogP contribution in [0, 0.1) is 25.1 Å². The zero-order valence-electron chi connectivity index (χ0n) is 25.2. The van der Waals surface area contributed by atoms with E-state index in [0.29, 0.717) is 47.4 Å². The van der Waals surface area contributed by atoms with Crippen LogP contribution in [0.5, 0.6) is 11.5 Å². The molecule has 8 heteroatoms. The number of aryl methyl sites for hydroxylation is 2. The third-order valence-corrected chi connectivity index (χ3v) is 7.86. The summed E-state index contributed by atoms with van der Waals surface area (Å²) in [7, 11) is 0. The highest BCUT2D eigenvalue weighted by molar-refractivity contribution is 6.09. The topological polar surface area (TPSA) is 87.8 Å². The summed E-state index contributed by atoms with van der Waals surface area (Å²) in [5.41, 5.74) is 3.72. The number of hydrogen-bond acceptors (Lipinski definition) is 6. The third-order valence-electron chi connectivity index (χ3n) is 7.86. The van der Waals surface area contributed by atoms with Gasteiger partial charge in [-0.25, -0.2) is 9.37 Å². The number of benzene rings is 2. The molecule has 7 nitrogen and oxygen atoms in total. The molecule has 218 valence electrons. The van der Waals surface area contributed by atoms with Crippen LogP contribution >= 0.6 is 0 Å². The molecule has 3 aromatic rings. The molecule has 0 saturated carbocycles. The van der Waals surface area contributed by atoms with Crippen molar-refractivity contribution in [1.82, 2.24) is 4.98 Å². The van der Waals surface area contributed by atoms with Gasteiger partial charge in [0.15, 0.2) is 11.6 Å². The zero-order chi connectivity index (χ0) is 30.1. The molecule has 0 fully saturated rings. The van der Waals surface area contributed by atoms with Gasteiger partial charge in [-0.1, -0.05) is 39.3 Å². The zero-order valence-corrected chi connectivity index (χ0v) is 25.2. The summed E-state index contributed by atoms with van der Waals surface area (Å²) >= 11 is 0. The standard InChI is InChI=1S/C33H40FN3O4/c1-9-19(3)18-40-23-14-15-24(25(34)16-23)31-20(4)26(17-33(7,8)10-2)36-30-27(12-11-13-28(30)38)37(31)32(39)29-21(5)41-22(6)35-29/h9,11-16,31,36,38H,10,17-18H2,1-8H3/b19-9+. The molecule has 0 bridgehead atoms. The van der Waals surface area contributed by atoms with Crippen LogP contribution < -0.4 is 15.0 Å². The number of oxazole rings is 1. The second-order valence-corrected chi connectivity index (χ2v) is 11.5. The Kier molecular flexibility index (Phi) is 8.61. The van der Waals surface area contributed by atoms with E-state index >= 15 is 4.39 Å². The Morgan fingerprint density at radius 3 is 2.59 bits per heavy atom. The van der Waals surface area contributed by atoms with Gasteiger partial charge in [-0.3, -0.25) is 9.69 Å². The predicted molar refractivity (Wildman–Crippen MR) is 160 cm³/mol. The second-order valence-electron chi connectivity index (χ2n) is 11.5. The molecule has 0 spiro atoms. The number of rotatable bonds is 8. The van der Waals surface area contributed by atoms with Crippen molar-refractivity contribution in [2.24, 2.45) is 5.41 Å². The van der Waals surface area contributed by atoms with Crippen molar-refractivity contribution in [2.45, 2.75) is 74.3 Å². The highest BCUT2D eigenvalue weighted by Crippen LogP contribution is 2.48. The summed E-state index contributed by atoms with van der Waals surface area (Å²) in [5, 5.41) is 14.4. The molecule has 2 heterocycles. The first-order valence-electron chi connectivity index (χ1n) is 14.0. The third kappa shape index (κ3) is 6.16. The van der Waals surface area contributed by atoms with E-state index in [1.165, 1.54) is 11.0 Å². The van der Waals surface area contributed by atoms with E-state index in [1.807, 2.05) is 26.8 Å². The largest absolute Gasteiger partial charge is 0.506 e. The molecule has 0 aliphatic carbocycles. The summed E-state index contributed by atoms with van der Waals surface area (Å²) in [4.78, 5) is 20.2. The summed E-state index contributed by atoms with van der Waals surface area (Å²) in [6.45, 7) is 15.9. The molecule has 2 aromatic carbocycles. The first-order valence-corrected chi connectivity index (χ1v) is 14.0. The molecule has 1 aliphatic rings. The number of nitrogens with one attached hydrogen (secondary N) is 1. The number of ether oxygens (including phenoxy) is 1. The Hall–Kier alpha value is -4.07. The van der Waals surface area contributed by atoms with E-state index in [2.05, 4.69) is 31.1 Å². The molecule has 0 saturated heterocycles. The first kappa shape index (κ1) is 29.9. The van der Waals surface area contributed by atoms with E-state index in [-0.39, 0.29) is 16.9 Å². The van der Waals surface area contributed by atoms with Crippen molar-refractivity contribution in [3.63, 3.8) is 0 Å². The van der Waals surface area contributed by atoms with E-state index in [1.54, 1.807) is 44.2 Å². The number of anilines is 2. The Morgan fingerprint density at radius 1 is 1.24 bits per heavy atom. The molecule has 4 rings (SSSR count). The van der Waals surface area contributed by atoms with Crippen molar-refractivity contribution in [2.75, 3.05) is 16.8 Å². The normalized spacial score (nSPS) is 15.9. The van der Waals surface area contributed by atoms with Gasteiger partial charge >= 0.3 is 0 Å². The minimum Gasteiger partial charge on any atom is -0.506 e. The van der Waals surface area contributed by atoms with Crippen molar-refractivity contribution in [3.05, 3.63) is 88.0 Å². The highest BCUT2D eigenvalue weighted by Gasteiger charge is 2.39. The van der Waals surface area contributed by atoms with Crippen LogP contribution in [0.2, 0.25) is 0 Å². The summed E-state index contributed by atoms with van der Waals surface area (Å²) in [6, 6.07) is 8.88. The number of aromatic nitrogens is 1. The van der Waals surface area contributed by atoms with Crippen LogP contribution in [0.15, 0.2) is 63.7 Å². The Balaban J connectivity index is 1.96. The van der Waals surface area contributed by atoms with Gasteiger partial charge < -0.3 is 19.6 Å². The smallest absolute Gasteiger partial charge is 0.281 e. The molecular formula is C33H40FN3O4. The van der Waals surface area contributed by atoms with Crippen LogP contribution in [-0.4, -0.2) is 22.6 Å². The quantitative estimate of drug-likeness (QED) is 0.212. The number of carbonyl (C=O) groups excluding carboxylic acids is 1. The van der Waals surface area contributed by atoms with Crippen LogP contribution in [0.3, 0.4) is 0 Å². The van der Waals surface area contributed by atoms with Gasteiger partial charge in [-0.15, -0.1) is 0 Å². The van der Waals surface area contributed by atoms with Crippen LogP contribution in [0.25, 0.3) is 0 Å². The molecule has 2 N–H and O–H groups in total. The fourth-order valence-corrected chi connectivity index (χ4v) is 4.93. The molecule has 1 aliphatic heterocycles. The molecular weight excluding hydrogens is 521 g/mol. The molecule has 0 radical (unpaired) electrons. The number of nitrogens with zero attached hydrogens (tertiary/aromatic N) is 2. The van der Waals surface area contributed by atoms with Gasteiger partial charge in [0.1, 0.15) is 35.4 Å². The number of allylic oxidation sites excluding steroid dienone is 2. The number of carbonyl (C=O) groups is 1. The van der Waals surface area contributed by atoms with Gasteiger partial charge in [-0.2, -0.15) is 0 Å². The monoisotopic (exact) mass is 561 g/mol. The fourth-order valence-electron chi connectivity index (χ4n) is 4.93. The molecule has 1 unspecified atom stereocenters. The molecule has 1 atom stereocenters. The molecule has 1 amide bonds. The van der Waals surface area contributed by atoms with Crippen LogP contribution in [-0.2, 0) is 0 Å². The Morgan fingerprint density at radius 2 is 1.98 bits per heavy atom. The van der Waals surface area contributed by atoms with Gasteiger partial charge in [0.2, 0.25) is 0 Å². The van der Waals surface area contributed by atoms with E-state index < -0.39 is 17.8 Å². The minimum absolute atomic E-state index is 0.0165. The maximum absolute atomic E-state index is 16.1. The van der Waals surface area contributed by atoms with E-state index in [0.717, 1.165) is 23.3 Å². The Bertz CT molecular complexity index is 1520. The first-order chi connectivity index (χ1) is 19.4. The lowest BCUT2D eigenvalue weighted by Gasteiger charge is -2.33. The maximum Gasteiger partial charge on any atom is 0.281 e. The van der Waals surface area contributed by atoms with Gasteiger partial charge in [0, 0.05) is 24.3 Å². The van der Waals surface area contributed by atoms with Gasteiger partial charge in [0.25, 0.3) is 5.91 Å². The second kappa shape index (κ2) is 11.8. The number of phenols is 1. The maximum atomic E-state index is 16.1. The predicted octanol–water partition coefficient (Wildman–Crippen LogP) is 8.40. The average molecular weight is 562 g/mol. The SMILES string of the molecule is C/C=C(\C)COc1ccc(C2C(C)=C(CC(C)(C)CC)Nc3c(O)cccc3N2C(=O)c2nc(C)oc2C)c(F)c1. The molecule has 41 heavy (non-hydrogen) atoms.